The van der Waals surface area contributed by atoms with Crippen LogP contribution in [0.5, 0.6) is 0 Å². The van der Waals surface area contributed by atoms with Gasteiger partial charge >= 0.3 is 5.97 Å². The number of carbonyl (C=O) groups is 1. The van der Waals surface area contributed by atoms with Crippen molar-refractivity contribution in [2.75, 3.05) is 6.54 Å². The molecule has 4 rings (SSSR count). The molecular formula is C15H21N3O2. The first-order valence-electron chi connectivity index (χ1n) is 7.62. The fourth-order valence-corrected chi connectivity index (χ4v) is 3.58. The minimum atomic E-state index is -0.0652. The first-order chi connectivity index (χ1) is 9.63. The quantitative estimate of drug-likeness (QED) is 0.765. The Labute approximate surface area is 118 Å². The van der Waals surface area contributed by atoms with Gasteiger partial charge < -0.3 is 9.30 Å². The van der Waals surface area contributed by atoms with Crippen molar-refractivity contribution in [3.63, 3.8) is 0 Å². The molecule has 2 fully saturated rings. The number of aromatic nitrogens is 2. The van der Waals surface area contributed by atoms with E-state index in [4.69, 9.17) is 9.72 Å². The topological polar surface area (TPSA) is 47.4 Å². The summed E-state index contributed by atoms with van der Waals surface area (Å²) in [6.07, 6.45) is 4.42. The van der Waals surface area contributed by atoms with Gasteiger partial charge in [0.15, 0.2) is 0 Å². The van der Waals surface area contributed by atoms with Crippen molar-refractivity contribution in [3.8, 4) is 0 Å². The van der Waals surface area contributed by atoms with Crippen LogP contribution in [0.3, 0.4) is 0 Å². The molecule has 1 saturated heterocycles. The maximum absolute atomic E-state index is 11.9. The van der Waals surface area contributed by atoms with Gasteiger partial charge in [0, 0.05) is 44.6 Å². The molecule has 0 bridgehead atoms. The average molecular weight is 275 g/mol. The normalized spacial score (nSPS) is 30.4. The van der Waals surface area contributed by atoms with Crippen molar-refractivity contribution in [2.24, 2.45) is 7.05 Å². The van der Waals surface area contributed by atoms with Crippen molar-refractivity contribution in [2.45, 2.75) is 57.2 Å². The number of fused-ring (bicyclic) bond motifs is 1. The molecule has 0 N–H and O–H groups in total. The highest BCUT2D eigenvalue weighted by Gasteiger charge is 2.39. The number of carbonyl (C=O) groups excluding carboxylic acids is 1. The summed E-state index contributed by atoms with van der Waals surface area (Å²) < 4.78 is 7.58. The minimum Gasteiger partial charge on any atom is -0.461 e. The van der Waals surface area contributed by atoms with Gasteiger partial charge in [-0.1, -0.05) is 0 Å². The average Bonchev–Trinajstić information content (AvgIpc) is 3.14. The molecule has 2 atom stereocenters. The Morgan fingerprint density at radius 3 is 2.80 bits per heavy atom. The van der Waals surface area contributed by atoms with Gasteiger partial charge in [0.05, 0.1) is 5.69 Å². The van der Waals surface area contributed by atoms with Crippen LogP contribution in [0, 0.1) is 0 Å². The van der Waals surface area contributed by atoms with Crippen LogP contribution in [-0.4, -0.2) is 39.1 Å². The van der Waals surface area contributed by atoms with Crippen LogP contribution in [0.1, 0.15) is 49.3 Å². The Kier molecular flexibility index (Phi) is 2.67. The summed E-state index contributed by atoms with van der Waals surface area (Å²) in [6, 6.07) is -0.0652. The van der Waals surface area contributed by atoms with Crippen LogP contribution < -0.4 is 0 Å². The zero-order chi connectivity index (χ0) is 13.9. The summed E-state index contributed by atoms with van der Waals surface area (Å²) in [7, 11) is 2.14. The van der Waals surface area contributed by atoms with Gasteiger partial charge in [-0.05, 0) is 19.8 Å². The molecule has 0 aromatic carbocycles. The van der Waals surface area contributed by atoms with Crippen LogP contribution in [0.15, 0.2) is 0 Å². The summed E-state index contributed by atoms with van der Waals surface area (Å²) >= 11 is 0. The van der Waals surface area contributed by atoms with Crippen molar-refractivity contribution >= 4 is 5.97 Å². The lowest BCUT2D eigenvalue weighted by Gasteiger charge is -2.29. The van der Waals surface area contributed by atoms with Crippen LogP contribution in [0.4, 0.5) is 0 Å². The van der Waals surface area contributed by atoms with Gasteiger partial charge in [0.2, 0.25) is 0 Å². The summed E-state index contributed by atoms with van der Waals surface area (Å²) in [5.41, 5.74) is 2.54. The molecular weight excluding hydrogens is 254 g/mol. The molecule has 5 heteroatoms. The Morgan fingerprint density at radius 1 is 1.35 bits per heavy atom. The van der Waals surface area contributed by atoms with E-state index in [1.54, 1.807) is 0 Å². The van der Waals surface area contributed by atoms with Crippen molar-refractivity contribution < 1.29 is 9.53 Å². The number of nitrogens with zero attached hydrogens (tertiary/aromatic N) is 3. The third-order valence-electron chi connectivity index (χ3n) is 4.85. The molecule has 3 heterocycles. The molecule has 0 amide bonds. The van der Waals surface area contributed by atoms with Crippen molar-refractivity contribution in [1.82, 2.24) is 14.5 Å². The van der Waals surface area contributed by atoms with Gasteiger partial charge in [-0.25, -0.2) is 4.98 Å². The van der Waals surface area contributed by atoms with E-state index in [2.05, 4.69) is 16.5 Å². The van der Waals surface area contributed by atoms with Crippen LogP contribution >= 0.6 is 0 Å². The number of esters is 1. The maximum Gasteiger partial charge on any atom is 0.323 e. The number of imidazole rings is 1. The van der Waals surface area contributed by atoms with Crippen LogP contribution in [-0.2, 0) is 29.5 Å². The number of cyclic esters (lactones) is 1. The third kappa shape index (κ3) is 1.87. The second-order valence-electron chi connectivity index (χ2n) is 6.42. The van der Waals surface area contributed by atoms with E-state index >= 15 is 0 Å². The number of rotatable bonds is 2. The molecule has 0 spiro atoms. The highest BCUT2D eigenvalue weighted by Crippen LogP contribution is 2.40. The standard InChI is InChI=1S/C15H21N3O2/c1-9-7-13(15(19)20-9)18-6-5-12-11(8-18)16-14(17(12)2)10-3-4-10/h9-10,13H,3-8H2,1-2H3/t9-,13+/m0/s1. The molecule has 1 aliphatic carbocycles. The third-order valence-corrected chi connectivity index (χ3v) is 4.85. The summed E-state index contributed by atoms with van der Waals surface area (Å²) in [4.78, 5) is 19.0. The molecule has 5 nitrogen and oxygen atoms in total. The van der Waals surface area contributed by atoms with Gasteiger partial charge in [-0.2, -0.15) is 0 Å². The molecule has 108 valence electrons. The fraction of sp³-hybridized carbons (Fsp3) is 0.733. The molecule has 1 aromatic rings. The van der Waals surface area contributed by atoms with Gasteiger partial charge in [-0.3, -0.25) is 9.69 Å². The second-order valence-corrected chi connectivity index (χ2v) is 6.42. The van der Waals surface area contributed by atoms with E-state index in [0.717, 1.165) is 25.9 Å². The number of hydrogen-bond donors (Lipinski definition) is 0. The fourth-order valence-electron chi connectivity index (χ4n) is 3.58. The number of hydrogen-bond acceptors (Lipinski definition) is 4. The van der Waals surface area contributed by atoms with Crippen LogP contribution in [0.2, 0.25) is 0 Å². The Balaban J connectivity index is 1.57. The molecule has 2 aliphatic heterocycles. The van der Waals surface area contributed by atoms with E-state index in [1.807, 2.05) is 6.92 Å². The Hall–Kier alpha value is -1.36. The summed E-state index contributed by atoms with van der Waals surface area (Å²) in [5, 5.41) is 0. The lowest BCUT2D eigenvalue weighted by molar-refractivity contribution is -0.145. The smallest absolute Gasteiger partial charge is 0.323 e. The Bertz CT molecular complexity index is 562. The highest BCUT2D eigenvalue weighted by atomic mass is 16.6. The molecule has 0 unspecified atom stereocenters. The monoisotopic (exact) mass is 275 g/mol. The Morgan fingerprint density at radius 2 is 2.15 bits per heavy atom. The first-order valence-corrected chi connectivity index (χ1v) is 7.62. The van der Waals surface area contributed by atoms with Crippen molar-refractivity contribution in [1.29, 1.82) is 0 Å². The second kappa shape index (κ2) is 4.32. The zero-order valence-electron chi connectivity index (χ0n) is 12.1. The zero-order valence-corrected chi connectivity index (χ0v) is 12.1. The maximum atomic E-state index is 11.9. The minimum absolute atomic E-state index is 0.0552. The highest BCUT2D eigenvalue weighted by molar-refractivity contribution is 5.78. The van der Waals surface area contributed by atoms with E-state index < -0.39 is 0 Å². The summed E-state index contributed by atoms with van der Waals surface area (Å²) in [5.74, 6) is 1.87. The summed E-state index contributed by atoms with van der Waals surface area (Å²) in [6.45, 7) is 3.70. The molecule has 0 radical (unpaired) electrons. The predicted octanol–water partition coefficient (Wildman–Crippen LogP) is 1.36. The first kappa shape index (κ1) is 12.4. The van der Waals surface area contributed by atoms with Gasteiger partial charge in [0.1, 0.15) is 18.0 Å². The van der Waals surface area contributed by atoms with Gasteiger partial charge in [0.25, 0.3) is 0 Å². The van der Waals surface area contributed by atoms with E-state index in [1.165, 1.54) is 30.1 Å². The van der Waals surface area contributed by atoms with Crippen molar-refractivity contribution in [3.05, 3.63) is 17.2 Å². The number of ether oxygens (including phenoxy) is 1. The molecule has 20 heavy (non-hydrogen) atoms. The van der Waals surface area contributed by atoms with E-state index in [-0.39, 0.29) is 18.1 Å². The van der Waals surface area contributed by atoms with E-state index in [0.29, 0.717) is 5.92 Å². The lowest BCUT2D eigenvalue weighted by atomic mass is 10.1. The van der Waals surface area contributed by atoms with Crippen LogP contribution in [0.25, 0.3) is 0 Å². The lowest BCUT2D eigenvalue weighted by Crippen LogP contribution is -2.42. The predicted molar refractivity (Wildman–Crippen MR) is 73.3 cm³/mol. The SMILES string of the molecule is C[C@H]1C[C@@H](N2CCc3c(nc(C4CC4)n3C)C2)C(=O)O1. The molecule has 1 saturated carbocycles. The molecule has 3 aliphatic rings. The van der Waals surface area contributed by atoms with E-state index in [9.17, 15) is 4.79 Å². The largest absolute Gasteiger partial charge is 0.461 e. The van der Waals surface area contributed by atoms with Gasteiger partial charge in [-0.15, -0.1) is 0 Å². The molecule has 1 aromatic heterocycles.